The Morgan fingerprint density at radius 1 is 0.950 bits per heavy atom. The van der Waals surface area contributed by atoms with E-state index in [1.54, 1.807) is 0 Å². The van der Waals surface area contributed by atoms with E-state index in [9.17, 15) is 19.1 Å². The summed E-state index contributed by atoms with van der Waals surface area (Å²) >= 11 is 0. The third-order valence-electron chi connectivity index (χ3n) is 1.02. The van der Waals surface area contributed by atoms with E-state index < -0.39 is 19.2 Å². The van der Waals surface area contributed by atoms with Crippen LogP contribution in [0.2, 0.25) is 0 Å². The van der Waals surface area contributed by atoms with Gasteiger partial charge in [-0.1, -0.05) is 7.60 Å². The van der Waals surface area contributed by atoms with Crippen molar-refractivity contribution in [2.75, 3.05) is 63.5 Å². The van der Waals surface area contributed by atoms with Crippen LogP contribution >= 0.6 is 7.60 Å². The second kappa shape index (κ2) is 9.47. The number of carbonyl (C=O) groups is 1. The summed E-state index contributed by atoms with van der Waals surface area (Å²) in [7, 11) is 13.2. The molecule has 0 spiro atoms. The van der Waals surface area contributed by atoms with Crippen LogP contribution in [0.1, 0.15) is 6.92 Å². The van der Waals surface area contributed by atoms with E-state index in [1.165, 1.54) is 0 Å². The summed E-state index contributed by atoms with van der Waals surface area (Å²) in [5.74, 6) is -1.02. The Balaban J connectivity index is -0.000000244. The van der Waals surface area contributed by atoms with Crippen molar-refractivity contribution in [1.29, 1.82) is 0 Å². The van der Waals surface area contributed by atoms with E-state index in [2.05, 4.69) is 61.1 Å². The minimum atomic E-state index is -4.80. The molecule has 1 atom stereocenters. The topological polar surface area (TPSA) is 89.5 Å². The van der Waals surface area contributed by atoms with Gasteiger partial charge >= 0.3 is 5.97 Å². The summed E-state index contributed by atoms with van der Waals surface area (Å²) in [5.41, 5.74) is -1.59. The number of hydrogen-bond acceptors (Lipinski definition) is 5. The molecule has 0 aromatic heterocycles. The van der Waals surface area contributed by atoms with Gasteiger partial charge < -0.3 is 28.1 Å². The summed E-state index contributed by atoms with van der Waals surface area (Å²) in [6, 6.07) is 0. The van der Waals surface area contributed by atoms with Gasteiger partial charge in [0.25, 0.3) is 0 Å². The van der Waals surface area contributed by atoms with Crippen LogP contribution in [-0.4, -0.2) is 84.1 Å². The minimum absolute atomic E-state index is 0.993. The first-order valence-electron chi connectivity index (χ1n) is 6.07. The zero-order valence-corrected chi connectivity index (χ0v) is 15.4. The second-order valence-electron chi connectivity index (χ2n) is 7.11. The molecule has 0 aliphatic heterocycles. The van der Waals surface area contributed by atoms with Crippen LogP contribution in [0, 0.1) is 0 Å². The van der Waals surface area contributed by atoms with Gasteiger partial charge in [0.1, 0.15) is 0 Å². The molecule has 0 saturated carbocycles. The maximum atomic E-state index is 10.4. The average molecular weight is 314 g/mol. The molecule has 0 saturated heterocycles. The number of hydrogen-bond donors (Lipinski definition) is 0. The highest BCUT2D eigenvalue weighted by molar-refractivity contribution is 7.50. The van der Waals surface area contributed by atoms with Crippen molar-refractivity contribution in [1.82, 2.24) is 0 Å². The lowest BCUT2D eigenvalue weighted by molar-refractivity contribution is -0.849. The molecule has 0 bridgehead atoms. The van der Waals surface area contributed by atoms with Crippen LogP contribution in [0.3, 0.4) is 0 Å². The minimum Gasteiger partial charge on any atom is -0.810 e. The smallest absolute Gasteiger partial charge is 0.313 e. The highest BCUT2D eigenvalue weighted by atomic mass is 31.2. The summed E-state index contributed by atoms with van der Waals surface area (Å²) in [6.07, 6.45) is 0. The van der Waals surface area contributed by atoms with E-state index in [0.717, 1.165) is 23.0 Å². The lowest BCUT2D eigenvalue weighted by Crippen LogP contribution is -2.30. The molecule has 8 heteroatoms. The zero-order chi connectivity index (χ0) is 17.4. The Labute approximate surface area is 123 Å². The molecule has 124 valence electrons. The number of quaternary nitrogens is 2. The van der Waals surface area contributed by atoms with Crippen molar-refractivity contribution in [3.8, 4) is 0 Å². The van der Waals surface area contributed by atoms with Crippen molar-refractivity contribution in [3.05, 3.63) is 0 Å². The number of rotatable bonds is 2. The normalized spacial score (nSPS) is 13.2. The second-order valence-corrected chi connectivity index (χ2v) is 8.96. The number of esters is 1. The fourth-order valence-corrected chi connectivity index (χ4v) is 0.663. The van der Waals surface area contributed by atoms with E-state index in [0.29, 0.717) is 0 Å². The molecule has 0 aliphatic rings. The molecule has 20 heavy (non-hydrogen) atoms. The Morgan fingerprint density at radius 3 is 1.20 bits per heavy atom. The third kappa shape index (κ3) is 36.0. The number of carbonyl (C=O) groups excluding carboxylic acids is 1. The molecular formula is C12H31N2O5P. The maximum absolute atomic E-state index is 10.4. The van der Waals surface area contributed by atoms with Crippen LogP contribution in [0.5, 0.6) is 0 Å². The molecule has 0 aromatic rings. The van der Waals surface area contributed by atoms with Gasteiger partial charge in [0.2, 0.25) is 0 Å². The maximum Gasteiger partial charge on any atom is 0.313 e. The van der Waals surface area contributed by atoms with Crippen LogP contribution < -0.4 is 9.79 Å². The van der Waals surface area contributed by atoms with Crippen molar-refractivity contribution >= 4 is 13.6 Å². The van der Waals surface area contributed by atoms with Gasteiger partial charge in [-0.05, 0) is 6.92 Å². The average Bonchev–Trinajstić information content (AvgIpc) is 2.08. The monoisotopic (exact) mass is 314 g/mol. The van der Waals surface area contributed by atoms with E-state index >= 15 is 0 Å². The molecular weight excluding hydrogens is 283 g/mol. The standard InChI is InChI=1S/2C4H12N.C4H9O5P/c2*1-5(2,3)4;1-3(4(5)9-2)10(6,7)8/h2*1-4H3;3H,1-2H3,(H2,6,7,8)/q2*+1;/p-2. The van der Waals surface area contributed by atoms with Crippen molar-refractivity contribution in [3.63, 3.8) is 0 Å². The van der Waals surface area contributed by atoms with Crippen molar-refractivity contribution in [2.45, 2.75) is 12.6 Å². The lowest BCUT2D eigenvalue weighted by Gasteiger charge is -2.33. The first-order chi connectivity index (χ1) is 8.39. The molecule has 0 aromatic carbocycles. The molecule has 0 fully saturated rings. The van der Waals surface area contributed by atoms with Gasteiger partial charge in [-0.2, -0.15) is 0 Å². The Hall–Kier alpha value is -0.460. The molecule has 0 aliphatic carbocycles. The lowest BCUT2D eigenvalue weighted by atomic mass is 10.5. The van der Waals surface area contributed by atoms with Gasteiger partial charge in [-0.25, -0.2) is 0 Å². The summed E-state index contributed by atoms with van der Waals surface area (Å²) in [6.45, 7) is 0.993. The first kappa shape index (κ1) is 24.6. The number of nitrogens with zero attached hydrogens (tertiary/aromatic N) is 2. The predicted molar refractivity (Wildman–Crippen MR) is 77.0 cm³/mol. The van der Waals surface area contributed by atoms with E-state index in [1.807, 2.05) is 0 Å². The van der Waals surface area contributed by atoms with Crippen LogP contribution in [0.15, 0.2) is 0 Å². The first-order valence-corrected chi connectivity index (χ1v) is 7.68. The number of ether oxygens (including phenoxy) is 1. The number of methoxy groups -OCH3 is 1. The van der Waals surface area contributed by atoms with Crippen LogP contribution in [0.4, 0.5) is 0 Å². The van der Waals surface area contributed by atoms with Crippen molar-refractivity contribution < 1.29 is 32.8 Å². The highest BCUT2D eigenvalue weighted by Crippen LogP contribution is 2.31. The molecule has 0 N–H and O–H groups in total. The predicted octanol–water partition coefficient (Wildman–Crippen LogP) is -0.894. The van der Waals surface area contributed by atoms with E-state index in [-0.39, 0.29) is 0 Å². The quantitative estimate of drug-likeness (QED) is 0.375. The summed E-state index contributed by atoms with van der Waals surface area (Å²) in [5, 5.41) is 0. The molecule has 0 heterocycles. The molecule has 0 rings (SSSR count). The van der Waals surface area contributed by atoms with E-state index in [4.69, 9.17) is 0 Å². The zero-order valence-electron chi connectivity index (χ0n) is 14.5. The third-order valence-corrected chi connectivity index (χ3v) is 2.18. The molecule has 7 nitrogen and oxygen atoms in total. The van der Waals surface area contributed by atoms with Crippen molar-refractivity contribution in [2.24, 2.45) is 0 Å². The fourth-order valence-electron chi connectivity index (χ4n) is 0.300. The molecule has 0 radical (unpaired) electrons. The molecule has 0 amide bonds. The van der Waals surface area contributed by atoms with Crippen LogP contribution in [0.25, 0.3) is 0 Å². The van der Waals surface area contributed by atoms with Gasteiger partial charge in [0.15, 0.2) is 0 Å². The largest absolute Gasteiger partial charge is 0.810 e. The SMILES string of the molecule is COC(=O)C(C)P(=O)([O-])[O-].C[N+](C)(C)C.C[N+](C)(C)C. The summed E-state index contributed by atoms with van der Waals surface area (Å²) in [4.78, 5) is 30.6. The van der Waals surface area contributed by atoms with Gasteiger partial charge in [-0.15, -0.1) is 0 Å². The summed E-state index contributed by atoms with van der Waals surface area (Å²) < 4.78 is 16.1. The Bertz CT molecular complexity index is 291. The van der Waals surface area contributed by atoms with Gasteiger partial charge in [0, 0.05) is 0 Å². The Kier molecular flexibility index (Phi) is 11.6. The Morgan fingerprint density at radius 2 is 1.15 bits per heavy atom. The van der Waals surface area contributed by atoms with Gasteiger partial charge in [0.05, 0.1) is 69.2 Å². The van der Waals surface area contributed by atoms with Crippen LogP contribution in [-0.2, 0) is 14.1 Å². The molecule has 1 unspecified atom stereocenters. The van der Waals surface area contributed by atoms with Gasteiger partial charge in [-0.3, -0.25) is 4.79 Å². The fraction of sp³-hybridized carbons (Fsp3) is 0.917. The highest BCUT2D eigenvalue weighted by Gasteiger charge is 2.15.